The van der Waals surface area contributed by atoms with Crippen LogP contribution >= 0.6 is 0 Å². The molecule has 0 N–H and O–H groups in total. The molecule has 0 aliphatic rings. The van der Waals surface area contributed by atoms with E-state index < -0.39 is 6.43 Å². The lowest BCUT2D eigenvalue weighted by Gasteiger charge is -1.92. The van der Waals surface area contributed by atoms with Crippen molar-refractivity contribution in [3.63, 3.8) is 0 Å². The monoisotopic (exact) mass is 172 g/mol. The number of hydrogen-bond donors (Lipinski definition) is 0. The van der Waals surface area contributed by atoms with Crippen LogP contribution in [0.4, 0.5) is 13.2 Å². The van der Waals surface area contributed by atoms with Crippen LogP contribution in [-0.4, -0.2) is 6.43 Å². The summed E-state index contributed by atoms with van der Waals surface area (Å²) in [7, 11) is 0. The van der Waals surface area contributed by atoms with Crippen molar-refractivity contribution in [1.82, 2.24) is 0 Å². The molecular weight excluding hydrogens is 165 g/mol. The smallest absolute Gasteiger partial charge is 0.207 e. The van der Waals surface area contributed by atoms with Gasteiger partial charge >= 0.3 is 0 Å². The maximum Gasteiger partial charge on any atom is 0.257 e. The van der Waals surface area contributed by atoms with Gasteiger partial charge in [0.2, 0.25) is 0 Å². The van der Waals surface area contributed by atoms with Gasteiger partial charge in [-0.3, -0.25) is 0 Å². The van der Waals surface area contributed by atoms with Crippen LogP contribution < -0.4 is 0 Å². The predicted molar refractivity (Wildman–Crippen MR) is 41.4 cm³/mol. The fourth-order valence-electron chi connectivity index (χ4n) is 0.758. The van der Waals surface area contributed by atoms with Crippen LogP contribution in [0.15, 0.2) is 30.3 Å². The van der Waals surface area contributed by atoms with Crippen LogP contribution in [0.1, 0.15) is 5.56 Å². The lowest BCUT2D eigenvalue weighted by molar-refractivity contribution is 0.205. The molecule has 1 aromatic rings. The molecule has 0 aromatic heterocycles. The van der Waals surface area contributed by atoms with E-state index in [2.05, 4.69) is 0 Å². The van der Waals surface area contributed by atoms with E-state index in [9.17, 15) is 13.2 Å². The molecule has 0 aliphatic heterocycles. The number of rotatable bonds is 2. The van der Waals surface area contributed by atoms with Crippen molar-refractivity contribution in [1.29, 1.82) is 0 Å². The molecular formula is C9H7F3. The Balaban J connectivity index is 2.71. The van der Waals surface area contributed by atoms with Gasteiger partial charge in [0.15, 0.2) is 0 Å². The molecule has 64 valence electrons. The average Bonchev–Trinajstić information content (AvgIpc) is 2.03. The van der Waals surface area contributed by atoms with Gasteiger partial charge in [0.25, 0.3) is 6.43 Å². The summed E-state index contributed by atoms with van der Waals surface area (Å²) in [6, 6.07) is 5.33. The molecule has 1 aromatic carbocycles. The van der Waals surface area contributed by atoms with Crippen molar-refractivity contribution in [3.05, 3.63) is 41.7 Å². The molecule has 0 aliphatic carbocycles. The van der Waals surface area contributed by atoms with Gasteiger partial charge in [-0.15, -0.1) is 0 Å². The Hall–Kier alpha value is -1.25. The molecule has 0 bridgehead atoms. The SMILES string of the molecule is Fc1ccc(/C=C/C(F)F)cc1. The van der Waals surface area contributed by atoms with Crippen molar-refractivity contribution in [2.24, 2.45) is 0 Å². The van der Waals surface area contributed by atoms with E-state index in [0.717, 1.165) is 6.08 Å². The summed E-state index contributed by atoms with van der Waals surface area (Å²) in [6.07, 6.45) is -0.452. The molecule has 3 heteroatoms. The average molecular weight is 172 g/mol. The third kappa shape index (κ3) is 2.78. The van der Waals surface area contributed by atoms with Crippen LogP contribution in [0.3, 0.4) is 0 Å². The second kappa shape index (κ2) is 3.95. The highest BCUT2D eigenvalue weighted by molar-refractivity contribution is 5.49. The predicted octanol–water partition coefficient (Wildman–Crippen LogP) is 3.10. The van der Waals surface area contributed by atoms with Gasteiger partial charge in [-0.1, -0.05) is 18.2 Å². The molecule has 0 heterocycles. The fourth-order valence-corrected chi connectivity index (χ4v) is 0.758. The molecule has 0 spiro atoms. The highest BCUT2D eigenvalue weighted by Gasteiger charge is 1.93. The van der Waals surface area contributed by atoms with Gasteiger partial charge in [-0.25, -0.2) is 13.2 Å². The largest absolute Gasteiger partial charge is 0.257 e. The van der Waals surface area contributed by atoms with E-state index >= 15 is 0 Å². The summed E-state index contributed by atoms with van der Waals surface area (Å²) in [4.78, 5) is 0. The van der Waals surface area contributed by atoms with Gasteiger partial charge in [-0.2, -0.15) is 0 Å². The Bertz CT molecular complexity index is 262. The minimum atomic E-state index is -2.46. The molecule has 0 atom stereocenters. The summed E-state index contributed by atoms with van der Waals surface area (Å²) >= 11 is 0. The Kier molecular flexibility index (Phi) is 2.91. The minimum Gasteiger partial charge on any atom is -0.207 e. The van der Waals surface area contributed by atoms with Gasteiger partial charge in [0.05, 0.1) is 0 Å². The Morgan fingerprint density at radius 3 is 2.17 bits per heavy atom. The third-order valence-corrected chi connectivity index (χ3v) is 1.30. The highest BCUT2D eigenvalue weighted by Crippen LogP contribution is 2.06. The fraction of sp³-hybridized carbons (Fsp3) is 0.111. The second-order valence-corrected chi connectivity index (χ2v) is 2.25. The molecule has 12 heavy (non-hydrogen) atoms. The molecule has 0 radical (unpaired) electrons. The highest BCUT2D eigenvalue weighted by atomic mass is 19.3. The van der Waals surface area contributed by atoms with Crippen LogP contribution in [0, 0.1) is 5.82 Å². The first-order valence-corrected chi connectivity index (χ1v) is 3.40. The number of allylic oxidation sites excluding steroid dienone is 1. The molecule has 1 rings (SSSR count). The third-order valence-electron chi connectivity index (χ3n) is 1.30. The zero-order chi connectivity index (χ0) is 8.97. The van der Waals surface area contributed by atoms with Crippen molar-refractivity contribution < 1.29 is 13.2 Å². The van der Waals surface area contributed by atoms with Crippen molar-refractivity contribution in [2.75, 3.05) is 0 Å². The van der Waals surface area contributed by atoms with Crippen LogP contribution in [0.25, 0.3) is 6.08 Å². The Morgan fingerprint density at radius 2 is 1.67 bits per heavy atom. The molecule has 0 saturated carbocycles. The summed E-state index contributed by atoms with van der Waals surface area (Å²) in [5, 5.41) is 0. The maximum absolute atomic E-state index is 12.3. The summed E-state index contributed by atoms with van der Waals surface area (Å²) in [5.74, 6) is -0.371. The number of hydrogen-bond acceptors (Lipinski definition) is 0. The molecule has 0 nitrogen and oxygen atoms in total. The minimum absolute atomic E-state index is 0.371. The van der Waals surface area contributed by atoms with Crippen molar-refractivity contribution >= 4 is 6.08 Å². The first-order valence-electron chi connectivity index (χ1n) is 3.40. The number of alkyl halides is 2. The lowest BCUT2D eigenvalue weighted by Crippen LogP contribution is -1.80. The van der Waals surface area contributed by atoms with Gasteiger partial charge in [0, 0.05) is 0 Å². The molecule has 0 unspecified atom stereocenters. The van der Waals surface area contributed by atoms with E-state index in [-0.39, 0.29) is 5.82 Å². The number of halogens is 3. The summed E-state index contributed by atoms with van der Waals surface area (Å²) in [5.41, 5.74) is 0.566. The first-order chi connectivity index (χ1) is 5.68. The van der Waals surface area contributed by atoms with Gasteiger partial charge in [-0.05, 0) is 23.8 Å². The van der Waals surface area contributed by atoms with Crippen molar-refractivity contribution in [2.45, 2.75) is 6.43 Å². The molecule has 0 saturated heterocycles. The Morgan fingerprint density at radius 1 is 1.08 bits per heavy atom. The van der Waals surface area contributed by atoms with E-state index in [4.69, 9.17) is 0 Å². The van der Waals surface area contributed by atoms with Crippen LogP contribution in [-0.2, 0) is 0 Å². The van der Waals surface area contributed by atoms with Gasteiger partial charge < -0.3 is 0 Å². The number of benzene rings is 1. The van der Waals surface area contributed by atoms with E-state index in [1.165, 1.54) is 30.3 Å². The topological polar surface area (TPSA) is 0 Å². The summed E-state index contributed by atoms with van der Waals surface area (Å²) in [6.45, 7) is 0. The first kappa shape index (κ1) is 8.84. The maximum atomic E-state index is 12.3. The van der Waals surface area contributed by atoms with E-state index in [1.807, 2.05) is 0 Å². The van der Waals surface area contributed by atoms with Crippen molar-refractivity contribution in [3.8, 4) is 0 Å². The van der Waals surface area contributed by atoms with Crippen LogP contribution in [0.2, 0.25) is 0 Å². The van der Waals surface area contributed by atoms with Crippen LogP contribution in [0.5, 0.6) is 0 Å². The molecule has 0 amide bonds. The Labute approximate surface area is 68.3 Å². The van der Waals surface area contributed by atoms with Gasteiger partial charge in [0.1, 0.15) is 5.82 Å². The molecule has 0 fully saturated rings. The van der Waals surface area contributed by atoms with E-state index in [1.54, 1.807) is 0 Å². The second-order valence-electron chi connectivity index (χ2n) is 2.25. The quantitative estimate of drug-likeness (QED) is 0.643. The zero-order valence-corrected chi connectivity index (χ0v) is 6.18. The normalized spacial score (nSPS) is 11.3. The lowest BCUT2D eigenvalue weighted by atomic mass is 10.2. The standard InChI is InChI=1S/C9H7F3/c10-8-4-1-7(2-5-8)3-6-9(11)12/h1-6,9H/b6-3+. The van der Waals surface area contributed by atoms with E-state index in [0.29, 0.717) is 5.56 Å². The summed E-state index contributed by atoms with van der Waals surface area (Å²) < 4.78 is 35.6. The zero-order valence-electron chi connectivity index (χ0n) is 6.18.